The van der Waals surface area contributed by atoms with E-state index in [2.05, 4.69) is 5.32 Å². The van der Waals surface area contributed by atoms with Gasteiger partial charge in [-0.3, -0.25) is 9.59 Å². The Balaban J connectivity index is 2.62. The number of hydrogen-bond acceptors (Lipinski definition) is 2. The minimum atomic E-state index is -0.458. The van der Waals surface area contributed by atoms with Gasteiger partial charge in [0.25, 0.3) is 0 Å². The van der Waals surface area contributed by atoms with Crippen molar-refractivity contribution in [3.63, 3.8) is 0 Å². The molecule has 17 heavy (non-hydrogen) atoms. The van der Waals surface area contributed by atoms with Gasteiger partial charge in [-0.2, -0.15) is 0 Å². The predicted octanol–water partition coefficient (Wildman–Crippen LogP) is 1.75. The van der Waals surface area contributed by atoms with Gasteiger partial charge in [-0.05, 0) is 37.1 Å². The number of primary amides is 1. The largest absolute Gasteiger partial charge is 0.369 e. The van der Waals surface area contributed by atoms with E-state index >= 15 is 0 Å². The average Bonchev–Trinajstić information content (AvgIpc) is 2.23. The number of anilines is 1. The molecule has 2 amide bonds. The van der Waals surface area contributed by atoms with Crippen molar-refractivity contribution in [2.24, 2.45) is 11.7 Å². The summed E-state index contributed by atoms with van der Waals surface area (Å²) in [5.74, 6) is -1.10. The summed E-state index contributed by atoms with van der Waals surface area (Å²) >= 11 is 0. The first-order valence-electron chi connectivity index (χ1n) is 5.56. The fourth-order valence-electron chi connectivity index (χ4n) is 1.41. The standard InChI is InChI=1S/C13H18N2O2/c1-8-4-5-11(6-9(8)2)15-12(16)7-10(3)13(14)17/h4-6,10H,7H2,1-3H3,(H2,14,17)(H,15,16). The second-order valence-corrected chi connectivity index (χ2v) is 4.35. The Kier molecular flexibility index (Phi) is 4.26. The van der Waals surface area contributed by atoms with Crippen molar-refractivity contribution in [3.05, 3.63) is 29.3 Å². The maximum atomic E-state index is 11.6. The van der Waals surface area contributed by atoms with Crippen LogP contribution in [0, 0.1) is 19.8 Å². The van der Waals surface area contributed by atoms with Crippen molar-refractivity contribution < 1.29 is 9.59 Å². The molecule has 1 rings (SSSR count). The second-order valence-electron chi connectivity index (χ2n) is 4.35. The molecule has 1 atom stereocenters. The van der Waals surface area contributed by atoms with Gasteiger partial charge < -0.3 is 11.1 Å². The van der Waals surface area contributed by atoms with Gasteiger partial charge in [0.15, 0.2) is 0 Å². The quantitative estimate of drug-likeness (QED) is 0.833. The predicted molar refractivity (Wildman–Crippen MR) is 67.5 cm³/mol. The molecule has 3 N–H and O–H groups in total. The highest BCUT2D eigenvalue weighted by molar-refractivity contribution is 5.93. The van der Waals surface area contributed by atoms with E-state index in [4.69, 9.17) is 5.73 Å². The zero-order chi connectivity index (χ0) is 13.0. The number of benzene rings is 1. The molecule has 0 aromatic heterocycles. The van der Waals surface area contributed by atoms with Crippen LogP contribution in [0.4, 0.5) is 5.69 Å². The summed E-state index contributed by atoms with van der Waals surface area (Å²) in [6.07, 6.45) is 0.113. The summed E-state index contributed by atoms with van der Waals surface area (Å²) in [6, 6.07) is 5.69. The summed E-state index contributed by atoms with van der Waals surface area (Å²) in [7, 11) is 0. The van der Waals surface area contributed by atoms with Crippen molar-refractivity contribution >= 4 is 17.5 Å². The zero-order valence-electron chi connectivity index (χ0n) is 10.4. The van der Waals surface area contributed by atoms with E-state index < -0.39 is 11.8 Å². The van der Waals surface area contributed by atoms with Gasteiger partial charge in [0.2, 0.25) is 11.8 Å². The Morgan fingerprint density at radius 3 is 2.47 bits per heavy atom. The van der Waals surface area contributed by atoms with Gasteiger partial charge in [-0.25, -0.2) is 0 Å². The molecule has 0 bridgehead atoms. The summed E-state index contributed by atoms with van der Waals surface area (Å²) in [5.41, 5.74) is 8.14. The first-order valence-corrected chi connectivity index (χ1v) is 5.56. The number of hydrogen-bond donors (Lipinski definition) is 2. The van der Waals surface area contributed by atoms with Crippen LogP contribution >= 0.6 is 0 Å². The van der Waals surface area contributed by atoms with Crippen molar-refractivity contribution in [1.29, 1.82) is 0 Å². The second kappa shape index (κ2) is 5.48. The number of carbonyl (C=O) groups is 2. The fraction of sp³-hybridized carbons (Fsp3) is 0.385. The van der Waals surface area contributed by atoms with Crippen molar-refractivity contribution in [1.82, 2.24) is 0 Å². The third-order valence-electron chi connectivity index (χ3n) is 2.77. The zero-order valence-corrected chi connectivity index (χ0v) is 10.4. The molecule has 0 saturated carbocycles. The number of rotatable bonds is 4. The SMILES string of the molecule is Cc1ccc(NC(=O)CC(C)C(N)=O)cc1C. The molecular formula is C13H18N2O2. The van der Waals surface area contributed by atoms with Crippen LogP contribution in [0.25, 0.3) is 0 Å². The maximum absolute atomic E-state index is 11.6. The van der Waals surface area contributed by atoms with Gasteiger partial charge in [0.1, 0.15) is 0 Å². The van der Waals surface area contributed by atoms with Crippen LogP contribution in [0.5, 0.6) is 0 Å². The van der Waals surface area contributed by atoms with E-state index in [0.717, 1.165) is 11.3 Å². The molecule has 1 aromatic carbocycles. The van der Waals surface area contributed by atoms with Crippen LogP contribution in [0.2, 0.25) is 0 Å². The lowest BCUT2D eigenvalue weighted by molar-refractivity contribution is -0.125. The highest BCUT2D eigenvalue weighted by Crippen LogP contribution is 2.15. The lowest BCUT2D eigenvalue weighted by atomic mass is 10.1. The summed E-state index contributed by atoms with van der Waals surface area (Å²) < 4.78 is 0. The summed E-state index contributed by atoms with van der Waals surface area (Å²) in [6.45, 7) is 5.63. The molecule has 0 aliphatic carbocycles. The minimum Gasteiger partial charge on any atom is -0.369 e. The van der Waals surface area contributed by atoms with E-state index in [-0.39, 0.29) is 12.3 Å². The Hall–Kier alpha value is -1.84. The molecule has 0 fully saturated rings. The molecule has 0 saturated heterocycles. The Morgan fingerprint density at radius 1 is 1.29 bits per heavy atom. The number of amides is 2. The smallest absolute Gasteiger partial charge is 0.225 e. The highest BCUT2D eigenvalue weighted by Gasteiger charge is 2.14. The highest BCUT2D eigenvalue weighted by atomic mass is 16.2. The lowest BCUT2D eigenvalue weighted by Gasteiger charge is -2.09. The first-order chi connectivity index (χ1) is 7.90. The summed E-state index contributed by atoms with van der Waals surface area (Å²) in [4.78, 5) is 22.4. The van der Waals surface area contributed by atoms with Gasteiger partial charge in [0.05, 0.1) is 0 Å². The van der Waals surface area contributed by atoms with Crippen molar-refractivity contribution in [2.75, 3.05) is 5.32 Å². The van der Waals surface area contributed by atoms with E-state index in [1.807, 2.05) is 32.0 Å². The number of nitrogens with one attached hydrogen (secondary N) is 1. The summed E-state index contributed by atoms with van der Waals surface area (Å²) in [5, 5.41) is 2.75. The molecule has 4 nitrogen and oxygen atoms in total. The van der Waals surface area contributed by atoms with Gasteiger partial charge in [0, 0.05) is 18.0 Å². The van der Waals surface area contributed by atoms with E-state index in [9.17, 15) is 9.59 Å². The van der Waals surface area contributed by atoms with E-state index in [1.54, 1.807) is 6.92 Å². The number of carbonyl (C=O) groups excluding carboxylic acids is 2. The maximum Gasteiger partial charge on any atom is 0.225 e. The number of nitrogens with two attached hydrogens (primary N) is 1. The van der Waals surface area contributed by atoms with E-state index in [0.29, 0.717) is 0 Å². The lowest BCUT2D eigenvalue weighted by Crippen LogP contribution is -2.25. The molecule has 1 aromatic rings. The van der Waals surface area contributed by atoms with Crippen LogP contribution in [0.1, 0.15) is 24.5 Å². The average molecular weight is 234 g/mol. The van der Waals surface area contributed by atoms with Gasteiger partial charge in [-0.1, -0.05) is 13.0 Å². The third kappa shape index (κ3) is 3.90. The van der Waals surface area contributed by atoms with Crippen LogP contribution in [-0.2, 0) is 9.59 Å². The van der Waals surface area contributed by atoms with Gasteiger partial charge in [-0.15, -0.1) is 0 Å². The van der Waals surface area contributed by atoms with Crippen molar-refractivity contribution in [2.45, 2.75) is 27.2 Å². The van der Waals surface area contributed by atoms with Crippen LogP contribution in [0.15, 0.2) is 18.2 Å². The molecule has 0 heterocycles. The van der Waals surface area contributed by atoms with Crippen LogP contribution in [0.3, 0.4) is 0 Å². The van der Waals surface area contributed by atoms with Crippen molar-refractivity contribution in [3.8, 4) is 0 Å². The molecule has 4 heteroatoms. The Labute approximate surface area is 101 Å². The molecule has 0 aliphatic rings. The Morgan fingerprint density at radius 2 is 1.94 bits per heavy atom. The molecule has 0 aliphatic heterocycles. The molecule has 0 radical (unpaired) electrons. The minimum absolute atomic E-state index is 0.113. The van der Waals surface area contributed by atoms with Crippen LogP contribution in [-0.4, -0.2) is 11.8 Å². The number of aryl methyl sites for hydroxylation is 2. The molecule has 92 valence electrons. The molecule has 0 spiro atoms. The van der Waals surface area contributed by atoms with Crippen LogP contribution < -0.4 is 11.1 Å². The normalized spacial score (nSPS) is 11.9. The molecule has 1 unspecified atom stereocenters. The topological polar surface area (TPSA) is 72.2 Å². The monoisotopic (exact) mass is 234 g/mol. The first kappa shape index (κ1) is 13.2. The van der Waals surface area contributed by atoms with E-state index in [1.165, 1.54) is 5.56 Å². The molecular weight excluding hydrogens is 216 g/mol. The van der Waals surface area contributed by atoms with Gasteiger partial charge >= 0.3 is 0 Å². The third-order valence-corrected chi connectivity index (χ3v) is 2.77. The fourth-order valence-corrected chi connectivity index (χ4v) is 1.41. The Bertz CT molecular complexity index is 441.